The van der Waals surface area contributed by atoms with Gasteiger partial charge >= 0.3 is 0 Å². The van der Waals surface area contributed by atoms with Crippen molar-refractivity contribution in [1.82, 2.24) is 14.5 Å². The zero-order chi connectivity index (χ0) is 17.9. The van der Waals surface area contributed by atoms with Crippen LogP contribution in [0.25, 0.3) is 0 Å². The quantitative estimate of drug-likeness (QED) is 0.731. The average molecular weight is 422 g/mol. The van der Waals surface area contributed by atoms with Crippen LogP contribution < -0.4 is 5.32 Å². The summed E-state index contributed by atoms with van der Waals surface area (Å²) in [6.07, 6.45) is 4.07. The van der Waals surface area contributed by atoms with E-state index in [1.165, 1.54) is 11.3 Å². The second-order valence-corrected chi connectivity index (χ2v) is 10.1. The fourth-order valence-corrected chi connectivity index (χ4v) is 6.57. The minimum Gasteiger partial charge on any atom is -0.338 e. The minimum atomic E-state index is -3.38. The Kier molecular flexibility index (Phi) is 7.90. The highest BCUT2D eigenvalue weighted by Crippen LogP contribution is 2.28. The second-order valence-electron chi connectivity index (χ2n) is 6.74. The van der Waals surface area contributed by atoms with Gasteiger partial charge in [-0.25, -0.2) is 8.42 Å². The molecule has 1 N–H and O–H groups in total. The number of nitrogens with one attached hydrogen (secondary N) is 1. The molecule has 3 rings (SSSR count). The highest BCUT2D eigenvalue weighted by molar-refractivity contribution is 7.91. The van der Waals surface area contributed by atoms with Gasteiger partial charge in [0.05, 0.1) is 6.42 Å². The van der Waals surface area contributed by atoms with Gasteiger partial charge in [0.15, 0.2) is 0 Å². The van der Waals surface area contributed by atoms with Crippen molar-refractivity contribution in [3.8, 4) is 0 Å². The molecule has 0 spiro atoms. The molecule has 9 heteroatoms. The first kappa shape index (κ1) is 21.6. The Balaban J connectivity index is 0.00000243. The number of amides is 1. The molecule has 1 amide bonds. The summed E-state index contributed by atoms with van der Waals surface area (Å²) < 4.78 is 27.1. The Morgan fingerprint density at radius 2 is 2.08 bits per heavy atom. The van der Waals surface area contributed by atoms with Gasteiger partial charge in [-0.3, -0.25) is 4.79 Å². The topological polar surface area (TPSA) is 69.7 Å². The number of carbonyl (C=O) groups is 1. The summed E-state index contributed by atoms with van der Waals surface area (Å²) in [4.78, 5) is 15.5. The molecule has 1 unspecified atom stereocenters. The summed E-state index contributed by atoms with van der Waals surface area (Å²) in [5, 5.41) is 3.31. The number of sulfonamides is 1. The van der Waals surface area contributed by atoms with E-state index < -0.39 is 10.0 Å². The van der Waals surface area contributed by atoms with E-state index >= 15 is 0 Å². The Labute approximate surface area is 166 Å². The predicted molar refractivity (Wildman–Crippen MR) is 107 cm³/mol. The van der Waals surface area contributed by atoms with Gasteiger partial charge in [0.2, 0.25) is 5.91 Å². The fourth-order valence-electron chi connectivity index (χ4n) is 3.56. The highest BCUT2D eigenvalue weighted by Gasteiger charge is 2.30. The van der Waals surface area contributed by atoms with Crippen LogP contribution in [0.2, 0.25) is 0 Å². The largest absolute Gasteiger partial charge is 0.338 e. The molecule has 0 radical (unpaired) electrons. The van der Waals surface area contributed by atoms with E-state index in [0.717, 1.165) is 50.2 Å². The summed E-state index contributed by atoms with van der Waals surface area (Å²) >= 11 is 1.24. The predicted octanol–water partition coefficient (Wildman–Crippen LogP) is 2.10. The van der Waals surface area contributed by atoms with E-state index in [1.54, 1.807) is 16.4 Å². The van der Waals surface area contributed by atoms with E-state index in [0.29, 0.717) is 17.3 Å². The smallest absolute Gasteiger partial charge is 0.252 e. The Morgan fingerprint density at radius 3 is 2.69 bits per heavy atom. The molecule has 2 aliphatic heterocycles. The van der Waals surface area contributed by atoms with Crippen LogP contribution in [0.5, 0.6) is 0 Å². The lowest BCUT2D eigenvalue weighted by Crippen LogP contribution is -2.42. The van der Waals surface area contributed by atoms with Crippen LogP contribution in [0.3, 0.4) is 0 Å². The van der Waals surface area contributed by atoms with Crippen molar-refractivity contribution in [3.05, 3.63) is 17.0 Å². The molecule has 1 atom stereocenters. The van der Waals surface area contributed by atoms with E-state index in [2.05, 4.69) is 12.2 Å². The van der Waals surface area contributed by atoms with Crippen LogP contribution >= 0.6 is 23.7 Å². The van der Waals surface area contributed by atoms with Crippen molar-refractivity contribution in [1.29, 1.82) is 0 Å². The first-order valence-corrected chi connectivity index (χ1v) is 11.4. The molecule has 2 aliphatic rings. The van der Waals surface area contributed by atoms with E-state index in [-0.39, 0.29) is 30.8 Å². The van der Waals surface area contributed by atoms with Gasteiger partial charge in [-0.1, -0.05) is 6.92 Å². The number of rotatable bonds is 7. The van der Waals surface area contributed by atoms with Crippen molar-refractivity contribution < 1.29 is 13.2 Å². The molecule has 26 heavy (non-hydrogen) atoms. The van der Waals surface area contributed by atoms with Crippen LogP contribution in [0, 0.1) is 0 Å². The molecular weight excluding hydrogens is 394 g/mol. The molecule has 2 fully saturated rings. The lowest BCUT2D eigenvalue weighted by Gasteiger charge is -2.28. The molecule has 0 aromatic carbocycles. The molecule has 2 saturated heterocycles. The second kappa shape index (κ2) is 9.50. The van der Waals surface area contributed by atoms with E-state index in [4.69, 9.17) is 0 Å². The molecule has 1 aromatic heterocycles. The van der Waals surface area contributed by atoms with Crippen molar-refractivity contribution in [2.24, 2.45) is 0 Å². The lowest BCUT2D eigenvalue weighted by atomic mass is 10.2. The maximum Gasteiger partial charge on any atom is 0.252 e. The van der Waals surface area contributed by atoms with Crippen molar-refractivity contribution in [2.45, 2.75) is 49.3 Å². The molecule has 3 heterocycles. The van der Waals surface area contributed by atoms with Gasteiger partial charge in [0.25, 0.3) is 10.0 Å². The van der Waals surface area contributed by atoms with Gasteiger partial charge in [0, 0.05) is 37.1 Å². The van der Waals surface area contributed by atoms with Crippen molar-refractivity contribution in [3.63, 3.8) is 0 Å². The van der Waals surface area contributed by atoms with Gasteiger partial charge in [0.1, 0.15) is 4.21 Å². The normalized spacial score (nSPS) is 20.9. The Hall–Kier alpha value is -0.670. The zero-order valence-electron chi connectivity index (χ0n) is 15.1. The summed E-state index contributed by atoms with van der Waals surface area (Å²) in [7, 11) is -3.38. The maximum atomic E-state index is 12.7. The van der Waals surface area contributed by atoms with Crippen LogP contribution in [-0.2, 0) is 21.2 Å². The number of hydrogen-bond acceptors (Lipinski definition) is 5. The highest BCUT2D eigenvalue weighted by atomic mass is 35.5. The molecule has 0 saturated carbocycles. The molecule has 148 valence electrons. The summed E-state index contributed by atoms with van der Waals surface area (Å²) in [5.74, 6) is 0.0996. The van der Waals surface area contributed by atoms with Gasteiger partial charge in [-0.2, -0.15) is 4.31 Å². The van der Waals surface area contributed by atoms with E-state index in [9.17, 15) is 13.2 Å². The van der Waals surface area contributed by atoms with Crippen molar-refractivity contribution in [2.75, 3.05) is 32.7 Å². The fraction of sp³-hybridized carbons (Fsp3) is 0.706. The maximum absolute atomic E-state index is 12.7. The number of halogens is 1. The number of carbonyl (C=O) groups excluding carboxylic acids is 1. The van der Waals surface area contributed by atoms with Gasteiger partial charge in [-0.05, 0) is 44.4 Å². The molecule has 0 aliphatic carbocycles. The van der Waals surface area contributed by atoms with Crippen LogP contribution in [-0.4, -0.2) is 62.3 Å². The summed E-state index contributed by atoms with van der Waals surface area (Å²) in [5.41, 5.74) is 0. The van der Waals surface area contributed by atoms with Crippen LogP contribution in [0.1, 0.15) is 37.5 Å². The number of hydrogen-bond donors (Lipinski definition) is 1. The van der Waals surface area contributed by atoms with Crippen molar-refractivity contribution >= 4 is 39.7 Å². The number of thiophene rings is 1. The monoisotopic (exact) mass is 421 g/mol. The van der Waals surface area contributed by atoms with Gasteiger partial charge < -0.3 is 10.2 Å². The zero-order valence-corrected chi connectivity index (χ0v) is 17.6. The third-order valence-corrected chi connectivity index (χ3v) is 8.33. The SMILES string of the molecule is CCCN(C(=O)Cc1ccc(S(=O)(=O)N2CCCC2)s1)C1CCNC1.Cl. The Morgan fingerprint density at radius 1 is 1.35 bits per heavy atom. The third-order valence-electron chi connectivity index (χ3n) is 4.88. The first-order valence-electron chi connectivity index (χ1n) is 9.11. The number of nitrogens with zero attached hydrogens (tertiary/aromatic N) is 2. The summed E-state index contributed by atoms with van der Waals surface area (Å²) in [6, 6.07) is 3.71. The van der Waals surface area contributed by atoms with Crippen LogP contribution in [0.4, 0.5) is 0 Å². The Bertz CT molecular complexity index is 696. The molecule has 6 nitrogen and oxygen atoms in total. The van der Waals surface area contributed by atoms with Gasteiger partial charge in [-0.15, -0.1) is 23.7 Å². The summed E-state index contributed by atoms with van der Waals surface area (Å²) in [6.45, 7) is 5.85. The molecule has 1 aromatic rings. The first-order chi connectivity index (χ1) is 12.0. The molecular formula is C17H28ClN3O3S2. The third kappa shape index (κ3) is 4.78. The lowest BCUT2D eigenvalue weighted by molar-refractivity contribution is -0.132. The average Bonchev–Trinajstić information content (AvgIpc) is 3.33. The van der Waals surface area contributed by atoms with E-state index in [1.807, 2.05) is 4.90 Å². The standard InChI is InChI=1S/C17H27N3O3S2.ClH/c1-2-9-20(14-7-8-18-13-14)16(21)12-15-5-6-17(24-15)25(22,23)19-10-3-4-11-19;/h5-6,14,18H,2-4,7-13H2,1H3;1H. The van der Waals surface area contributed by atoms with Crippen LogP contribution in [0.15, 0.2) is 16.3 Å². The minimum absolute atomic E-state index is 0. The molecule has 0 bridgehead atoms.